The maximum Gasteiger partial charge on any atom is 0.0733 e. The fourth-order valence-corrected chi connectivity index (χ4v) is 1.61. The summed E-state index contributed by atoms with van der Waals surface area (Å²) in [6.07, 6.45) is 1.84. The SMILES string of the molecule is CC.CC.Cc1ccccc1-c1ncccc1C. The summed E-state index contributed by atoms with van der Waals surface area (Å²) in [5.41, 5.74) is 4.81. The van der Waals surface area contributed by atoms with Gasteiger partial charge in [0.05, 0.1) is 5.69 Å². The number of hydrogen-bond donors (Lipinski definition) is 0. The average molecular weight is 243 g/mol. The molecule has 1 heterocycles. The Morgan fingerprint density at radius 2 is 1.28 bits per heavy atom. The molecule has 0 unspecified atom stereocenters. The third-order valence-corrected chi connectivity index (χ3v) is 2.41. The highest BCUT2D eigenvalue weighted by molar-refractivity contribution is 5.66. The number of benzene rings is 1. The Labute approximate surface area is 112 Å². The second-order valence-electron chi connectivity index (χ2n) is 3.48. The lowest BCUT2D eigenvalue weighted by Crippen LogP contribution is -1.89. The molecule has 1 aromatic heterocycles. The number of aromatic nitrogens is 1. The van der Waals surface area contributed by atoms with E-state index in [2.05, 4.69) is 49.2 Å². The molecule has 18 heavy (non-hydrogen) atoms. The largest absolute Gasteiger partial charge is 0.256 e. The van der Waals surface area contributed by atoms with Crippen molar-refractivity contribution in [2.45, 2.75) is 41.5 Å². The minimum atomic E-state index is 1.09. The fourth-order valence-electron chi connectivity index (χ4n) is 1.61. The van der Waals surface area contributed by atoms with Crippen LogP contribution in [0.1, 0.15) is 38.8 Å². The van der Waals surface area contributed by atoms with Gasteiger partial charge in [-0.15, -0.1) is 0 Å². The summed E-state index contributed by atoms with van der Waals surface area (Å²) in [5, 5.41) is 0. The zero-order chi connectivity index (χ0) is 14.0. The molecular formula is C17H25N. The molecule has 1 nitrogen and oxygen atoms in total. The van der Waals surface area contributed by atoms with Crippen LogP contribution in [-0.2, 0) is 0 Å². The molecule has 98 valence electrons. The van der Waals surface area contributed by atoms with E-state index < -0.39 is 0 Å². The molecule has 0 saturated carbocycles. The van der Waals surface area contributed by atoms with E-state index >= 15 is 0 Å². The number of aryl methyl sites for hydroxylation is 2. The highest BCUT2D eigenvalue weighted by Crippen LogP contribution is 2.23. The molecule has 0 radical (unpaired) electrons. The highest BCUT2D eigenvalue weighted by Gasteiger charge is 2.03. The minimum Gasteiger partial charge on any atom is -0.256 e. The highest BCUT2D eigenvalue weighted by atomic mass is 14.7. The second-order valence-corrected chi connectivity index (χ2v) is 3.48. The lowest BCUT2D eigenvalue weighted by Gasteiger charge is -2.06. The third-order valence-electron chi connectivity index (χ3n) is 2.41. The Morgan fingerprint density at radius 1 is 0.722 bits per heavy atom. The molecule has 0 N–H and O–H groups in total. The van der Waals surface area contributed by atoms with Crippen LogP contribution in [0.3, 0.4) is 0 Å². The van der Waals surface area contributed by atoms with Crippen LogP contribution in [0.5, 0.6) is 0 Å². The topological polar surface area (TPSA) is 12.9 Å². The van der Waals surface area contributed by atoms with Gasteiger partial charge in [-0.3, -0.25) is 4.98 Å². The number of pyridine rings is 1. The van der Waals surface area contributed by atoms with E-state index in [4.69, 9.17) is 0 Å². The summed E-state index contributed by atoms with van der Waals surface area (Å²) in [5.74, 6) is 0. The quantitative estimate of drug-likeness (QED) is 0.652. The van der Waals surface area contributed by atoms with Gasteiger partial charge in [0, 0.05) is 11.8 Å². The summed E-state index contributed by atoms with van der Waals surface area (Å²) in [6.45, 7) is 12.2. The monoisotopic (exact) mass is 243 g/mol. The van der Waals surface area contributed by atoms with E-state index in [9.17, 15) is 0 Å². The molecule has 0 spiro atoms. The van der Waals surface area contributed by atoms with Crippen LogP contribution >= 0.6 is 0 Å². The first-order chi connectivity index (χ1) is 8.79. The van der Waals surface area contributed by atoms with Gasteiger partial charge in [-0.05, 0) is 31.0 Å². The number of hydrogen-bond acceptors (Lipinski definition) is 1. The van der Waals surface area contributed by atoms with Gasteiger partial charge in [0.1, 0.15) is 0 Å². The van der Waals surface area contributed by atoms with E-state index in [1.54, 1.807) is 0 Å². The Morgan fingerprint density at radius 3 is 1.83 bits per heavy atom. The first kappa shape index (κ1) is 16.4. The van der Waals surface area contributed by atoms with Gasteiger partial charge in [-0.25, -0.2) is 0 Å². The van der Waals surface area contributed by atoms with E-state index in [1.165, 1.54) is 16.7 Å². The fraction of sp³-hybridized carbons (Fsp3) is 0.353. The van der Waals surface area contributed by atoms with E-state index in [0.717, 1.165) is 5.69 Å². The molecule has 2 aromatic rings. The normalized spacial score (nSPS) is 8.56. The van der Waals surface area contributed by atoms with Gasteiger partial charge >= 0.3 is 0 Å². The van der Waals surface area contributed by atoms with Crippen LogP contribution in [0.4, 0.5) is 0 Å². The molecule has 2 rings (SSSR count). The molecule has 0 aliphatic carbocycles. The molecule has 0 bridgehead atoms. The average Bonchev–Trinajstić information content (AvgIpc) is 2.45. The van der Waals surface area contributed by atoms with Crippen LogP contribution < -0.4 is 0 Å². The van der Waals surface area contributed by atoms with Crippen molar-refractivity contribution in [3.05, 3.63) is 53.7 Å². The van der Waals surface area contributed by atoms with Crippen LogP contribution in [-0.4, -0.2) is 4.98 Å². The molecular weight excluding hydrogens is 218 g/mol. The van der Waals surface area contributed by atoms with Crippen LogP contribution in [0.25, 0.3) is 11.3 Å². The Balaban J connectivity index is 0.000000659. The molecule has 0 saturated heterocycles. The predicted octanol–water partition coefficient (Wildman–Crippen LogP) is 5.42. The van der Waals surface area contributed by atoms with Gasteiger partial charge in [0.15, 0.2) is 0 Å². The zero-order valence-electron chi connectivity index (χ0n) is 12.5. The molecule has 0 amide bonds. The van der Waals surface area contributed by atoms with Crippen molar-refractivity contribution in [2.75, 3.05) is 0 Å². The lowest BCUT2D eigenvalue weighted by atomic mass is 10.0. The minimum absolute atomic E-state index is 1.09. The molecule has 0 aliphatic heterocycles. The van der Waals surface area contributed by atoms with Crippen molar-refractivity contribution in [3.8, 4) is 11.3 Å². The van der Waals surface area contributed by atoms with Crippen LogP contribution in [0, 0.1) is 13.8 Å². The zero-order valence-corrected chi connectivity index (χ0v) is 12.5. The van der Waals surface area contributed by atoms with Gasteiger partial charge in [0.2, 0.25) is 0 Å². The summed E-state index contributed by atoms with van der Waals surface area (Å²) >= 11 is 0. The van der Waals surface area contributed by atoms with Crippen molar-refractivity contribution in [1.82, 2.24) is 4.98 Å². The number of nitrogens with zero attached hydrogens (tertiary/aromatic N) is 1. The summed E-state index contributed by atoms with van der Waals surface area (Å²) in [6, 6.07) is 12.4. The van der Waals surface area contributed by atoms with Crippen LogP contribution in [0.2, 0.25) is 0 Å². The summed E-state index contributed by atoms with van der Waals surface area (Å²) in [4.78, 5) is 4.41. The van der Waals surface area contributed by atoms with E-state index in [-0.39, 0.29) is 0 Å². The van der Waals surface area contributed by atoms with Crippen molar-refractivity contribution in [1.29, 1.82) is 0 Å². The van der Waals surface area contributed by atoms with E-state index in [1.807, 2.05) is 40.0 Å². The van der Waals surface area contributed by atoms with Gasteiger partial charge in [0.25, 0.3) is 0 Å². The molecule has 0 aliphatic rings. The van der Waals surface area contributed by atoms with Gasteiger partial charge in [-0.2, -0.15) is 0 Å². The van der Waals surface area contributed by atoms with Gasteiger partial charge < -0.3 is 0 Å². The second kappa shape index (κ2) is 9.41. The van der Waals surface area contributed by atoms with Crippen molar-refractivity contribution in [2.24, 2.45) is 0 Å². The van der Waals surface area contributed by atoms with Crippen molar-refractivity contribution >= 4 is 0 Å². The summed E-state index contributed by atoms with van der Waals surface area (Å²) < 4.78 is 0. The van der Waals surface area contributed by atoms with Crippen molar-refractivity contribution in [3.63, 3.8) is 0 Å². The molecule has 1 heteroatoms. The Kier molecular flexibility index (Phi) is 8.55. The van der Waals surface area contributed by atoms with Gasteiger partial charge in [-0.1, -0.05) is 58.0 Å². The maximum atomic E-state index is 4.41. The third kappa shape index (κ3) is 4.33. The lowest BCUT2D eigenvalue weighted by molar-refractivity contribution is 1.26. The number of rotatable bonds is 1. The van der Waals surface area contributed by atoms with Crippen molar-refractivity contribution < 1.29 is 0 Å². The smallest absolute Gasteiger partial charge is 0.0733 e. The molecule has 0 atom stereocenters. The standard InChI is InChI=1S/C13H13N.2C2H6/c1-10-6-3-4-8-12(10)13-11(2)7-5-9-14-13;2*1-2/h3-9H,1-2H3;2*1-2H3. The maximum absolute atomic E-state index is 4.41. The summed E-state index contributed by atoms with van der Waals surface area (Å²) in [7, 11) is 0. The first-order valence-electron chi connectivity index (χ1n) is 6.76. The van der Waals surface area contributed by atoms with E-state index in [0.29, 0.717) is 0 Å². The molecule has 0 fully saturated rings. The Bertz CT molecular complexity index is 403. The Hall–Kier alpha value is -1.63. The molecule has 1 aromatic carbocycles. The first-order valence-corrected chi connectivity index (χ1v) is 6.76. The van der Waals surface area contributed by atoms with Crippen LogP contribution in [0.15, 0.2) is 42.6 Å². The predicted molar refractivity (Wildman–Crippen MR) is 81.8 cm³/mol.